The van der Waals surface area contributed by atoms with E-state index in [0.717, 1.165) is 16.1 Å². The second kappa shape index (κ2) is 8.29. The Morgan fingerprint density at radius 2 is 1.87 bits per heavy atom. The lowest BCUT2D eigenvalue weighted by molar-refractivity contribution is -0.131. The molecular weight excluding hydrogens is 358 g/mol. The van der Waals surface area contributed by atoms with Gasteiger partial charge in [0, 0.05) is 22.7 Å². The molecule has 0 aliphatic heterocycles. The second-order valence-electron chi connectivity index (χ2n) is 4.94. The van der Waals surface area contributed by atoms with Crippen LogP contribution in [0, 0.1) is 0 Å². The molecule has 5 heteroatoms. The number of carbonyl (C=O) groups is 2. The number of carbonyl (C=O) groups excluding carboxylic acids is 1. The third kappa shape index (κ3) is 5.71. The van der Waals surface area contributed by atoms with Gasteiger partial charge < -0.3 is 10.4 Å². The fourth-order valence-electron chi connectivity index (χ4n) is 2.06. The summed E-state index contributed by atoms with van der Waals surface area (Å²) in [5, 5.41) is 11.6. The summed E-state index contributed by atoms with van der Waals surface area (Å²) in [6, 6.07) is 15.1. The summed E-state index contributed by atoms with van der Waals surface area (Å²) in [5.74, 6) is -1.15. The molecule has 0 aromatic heterocycles. The van der Waals surface area contributed by atoms with Crippen LogP contribution >= 0.6 is 15.9 Å². The lowest BCUT2D eigenvalue weighted by Crippen LogP contribution is -2.13. The number of hydrogen-bond acceptors (Lipinski definition) is 2. The molecule has 0 fully saturated rings. The number of carboxylic acid groups (broad SMARTS) is 1. The Labute approximate surface area is 143 Å². The Bertz CT molecular complexity index is 726. The van der Waals surface area contributed by atoms with Crippen LogP contribution in [0.1, 0.15) is 17.5 Å². The number of amides is 1. The van der Waals surface area contributed by atoms with E-state index in [9.17, 15) is 9.59 Å². The summed E-state index contributed by atoms with van der Waals surface area (Å²) in [6.07, 6.45) is 3.52. The van der Waals surface area contributed by atoms with E-state index in [2.05, 4.69) is 21.2 Å². The first-order chi connectivity index (χ1) is 11.0. The molecule has 2 aromatic rings. The van der Waals surface area contributed by atoms with Gasteiger partial charge in [-0.05, 0) is 41.8 Å². The van der Waals surface area contributed by atoms with Crippen LogP contribution in [0.2, 0.25) is 0 Å². The Morgan fingerprint density at radius 1 is 1.13 bits per heavy atom. The highest BCUT2D eigenvalue weighted by Crippen LogP contribution is 2.22. The van der Waals surface area contributed by atoms with Crippen LogP contribution in [-0.2, 0) is 16.0 Å². The van der Waals surface area contributed by atoms with Gasteiger partial charge in [-0.25, -0.2) is 4.79 Å². The molecular formula is C18H16BrNO3. The van der Waals surface area contributed by atoms with Gasteiger partial charge in [0.2, 0.25) is 5.91 Å². The van der Waals surface area contributed by atoms with E-state index < -0.39 is 5.97 Å². The zero-order valence-corrected chi connectivity index (χ0v) is 13.9. The zero-order valence-electron chi connectivity index (χ0n) is 12.3. The minimum atomic E-state index is -1.04. The number of aliphatic carboxylic acids is 1. The van der Waals surface area contributed by atoms with Gasteiger partial charge in [0.1, 0.15) is 0 Å². The molecule has 0 heterocycles. The number of benzene rings is 2. The van der Waals surface area contributed by atoms with Crippen molar-refractivity contribution < 1.29 is 14.7 Å². The number of halogens is 1. The largest absolute Gasteiger partial charge is 0.478 e. The molecule has 1 amide bonds. The maximum atomic E-state index is 12.1. The fraction of sp³-hybridized carbons (Fsp3) is 0.111. The zero-order chi connectivity index (χ0) is 16.7. The minimum Gasteiger partial charge on any atom is -0.478 e. The number of hydrogen-bond donors (Lipinski definition) is 2. The molecule has 2 aromatic carbocycles. The van der Waals surface area contributed by atoms with E-state index >= 15 is 0 Å². The molecule has 0 unspecified atom stereocenters. The first-order valence-corrected chi connectivity index (χ1v) is 7.88. The van der Waals surface area contributed by atoms with Gasteiger partial charge in [-0.2, -0.15) is 0 Å². The molecule has 118 valence electrons. The van der Waals surface area contributed by atoms with Crippen molar-refractivity contribution >= 4 is 39.6 Å². The van der Waals surface area contributed by atoms with E-state index in [4.69, 9.17) is 5.11 Å². The number of rotatable bonds is 6. The van der Waals surface area contributed by atoms with Gasteiger partial charge in [-0.15, -0.1) is 0 Å². The lowest BCUT2D eigenvalue weighted by Gasteiger charge is -2.09. The third-order valence-corrected chi connectivity index (χ3v) is 3.67. The van der Waals surface area contributed by atoms with E-state index in [1.165, 1.54) is 6.08 Å². The first-order valence-electron chi connectivity index (χ1n) is 7.09. The second-order valence-corrected chi connectivity index (χ2v) is 5.85. The van der Waals surface area contributed by atoms with Crippen LogP contribution in [-0.4, -0.2) is 17.0 Å². The number of nitrogens with one attached hydrogen (secondary N) is 1. The summed E-state index contributed by atoms with van der Waals surface area (Å²) in [6.45, 7) is 0. The smallest absolute Gasteiger partial charge is 0.328 e. The lowest BCUT2D eigenvalue weighted by atomic mass is 10.1. The molecule has 0 bridgehead atoms. The standard InChI is InChI=1S/C18H16BrNO3/c19-15-8-9-16(14(12-15)7-11-18(22)23)20-17(21)10-6-13-4-2-1-3-5-13/h1-5,7-9,11-12H,6,10H2,(H,20,21)(H,22,23)/b11-7+. The molecule has 0 spiro atoms. The van der Waals surface area contributed by atoms with Gasteiger partial charge in [-0.3, -0.25) is 4.79 Å². The molecule has 0 saturated carbocycles. The predicted molar refractivity (Wildman–Crippen MR) is 94.2 cm³/mol. The molecule has 0 atom stereocenters. The van der Waals surface area contributed by atoms with Gasteiger partial charge in [0.05, 0.1) is 0 Å². The predicted octanol–water partition coefficient (Wildman–Crippen LogP) is 4.12. The van der Waals surface area contributed by atoms with E-state index in [1.807, 2.05) is 30.3 Å². The van der Waals surface area contributed by atoms with E-state index in [-0.39, 0.29) is 5.91 Å². The highest BCUT2D eigenvalue weighted by atomic mass is 79.9. The van der Waals surface area contributed by atoms with Gasteiger partial charge in [-0.1, -0.05) is 46.3 Å². The summed E-state index contributed by atoms with van der Waals surface area (Å²) < 4.78 is 0.810. The molecule has 0 radical (unpaired) electrons. The van der Waals surface area contributed by atoms with Crippen molar-refractivity contribution in [3.8, 4) is 0 Å². The van der Waals surface area contributed by atoms with Crippen molar-refractivity contribution in [1.82, 2.24) is 0 Å². The Balaban J connectivity index is 2.04. The van der Waals surface area contributed by atoms with Crippen LogP contribution in [0.3, 0.4) is 0 Å². The van der Waals surface area contributed by atoms with Crippen molar-refractivity contribution in [3.05, 3.63) is 70.2 Å². The molecule has 23 heavy (non-hydrogen) atoms. The van der Waals surface area contributed by atoms with Crippen molar-refractivity contribution in [3.63, 3.8) is 0 Å². The minimum absolute atomic E-state index is 0.110. The maximum absolute atomic E-state index is 12.1. The molecule has 4 nitrogen and oxygen atoms in total. The van der Waals surface area contributed by atoms with Crippen molar-refractivity contribution in [2.45, 2.75) is 12.8 Å². The number of anilines is 1. The Morgan fingerprint density at radius 3 is 2.57 bits per heavy atom. The van der Waals surface area contributed by atoms with Crippen LogP contribution in [0.5, 0.6) is 0 Å². The summed E-state index contributed by atoms with van der Waals surface area (Å²) in [4.78, 5) is 22.8. The quantitative estimate of drug-likeness (QED) is 0.748. The average molecular weight is 374 g/mol. The monoisotopic (exact) mass is 373 g/mol. The van der Waals surface area contributed by atoms with Crippen LogP contribution < -0.4 is 5.32 Å². The number of aryl methyl sites for hydroxylation is 1. The summed E-state index contributed by atoms with van der Waals surface area (Å²) in [7, 11) is 0. The highest BCUT2D eigenvalue weighted by molar-refractivity contribution is 9.10. The highest BCUT2D eigenvalue weighted by Gasteiger charge is 2.07. The SMILES string of the molecule is O=C(O)/C=C/c1cc(Br)ccc1NC(=O)CCc1ccccc1. The van der Waals surface area contributed by atoms with Gasteiger partial charge in [0.15, 0.2) is 0 Å². The van der Waals surface area contributed by atoms with Crippen LogP contribution in [0.4, 0.5) is 5.69 Å². The topological polar surface area (TPSA) is 66.4 Å². The Kier molecular flexibility index (Phi) is 6.11. The molecule has 0 aliphatic carbocycles. The van der Waals surface area contributed by atoms with Crippen molar-refractivity contribution in [1.29, 1.82) is 0 Å². The normalized spacial score (nSPS) is 10.7. The van der Waals surface area contributed by atoms with Gasteiger partial charge in [0.25, 0.3) is 0 Å². The summed E-state index contributed by atoms with van der Waals surface area (Å²) in [5.41, 5.74) is 2.32. The maximum Gasteiger partial charge on any atom is 0.328 e. The molecule has 2 N–H and O–H groups in total. The van der Waals surface area contributed by atoms with E-state index in [0.29, 0.717) is 24.1 Å². The molecule has 0 aliphatic rings. The van der Waals surface area contributed by atoms with E-state index in [1.54, 1.807) is 18.2 Å². The Hall–Kier alpha value is -2.40. The third-order valence-electron chi connectivity index (χ3n) is 3.18. The first kappa shape index (κ1) is 17.0. The molecule has 0 saturated heterocycles. The van der Waals surface area contributed by atoms with Crippen LogP contribution in [0.15, 0.2) is 59.1 Å². The fourth-order valence-corrected chi connectivity index (χ4v) is 2.44. The molecule has 2 rings (SSSR count). The van der Waals surface area contributed by atoms with Crippen molar-refractivity contribution in [2.24, 2.45) is 0 Å². The van der Waals surface area contributed by atoms with Crippen LogP contribution in [0.25, 0.3) is 6.08 Å². The average Bonchev–Trinajstić information content (AvgIpc) is 2.54. The summed E-state index contributed by atoms with van der Waals surface area (Å²) >= 11 is 3.34. The van der Waals surface area contributed by atoms with Crippen molar-refractivity contribution in [2.75, 3.05) is 5.32 Å². The van der Waals surface area contributed by atoms with Gasteiger partial charge >= 0.3 is 5.97 Å². The number of carboxylic acids is 1.